The molecule has 0 fully saturated rings. The van der Waals surface area contributed by atoms with Crippen LogP contribution in [0.25, 0.3) is 6.08 Å². The summed E-state index contributed by atoms with van der Waals surface area (Å²) in [5, 5.41) is 8.57. The number of hydrogen-bond donors (Lipinski definition) is 0. The molecular formula is C14H16N2. The predicted molar refractivity (Wildman–Crippen MR) is 69.2 cm³/mol. The number of anilines is 1. The van der Waals surface area contributed by atoms with E-state index in [0.29, 0.717) is 5.57 Å². The zero-order chi connectivity index (χ0) is 12.0. The second-order valence-corrected chi connectivity index (χ2v) is 3.81. The number of allylic oxidation sites excluding steroid dienone is 3. The van der Waals surface area contributed by atoms with Crippen LogP contribution in [-0.4, -0.2) is 14.1 Å². The van der Waals surface area contributed by atoms with Gasteiger partial charge in [0.05, 0.1) is 6.07 Å². The molecule has 0 aliphatic rings. The fourth-order valence-corrected chi connectivity index (χ4v) is 1.22. The van der Waals surface area contributed by atoms with Crippen molar-refractivity contribution in [2.24, 2.45) is 0 Å². The normalized spacial score (nSPS) is 11.5. The van der Waals surface area contributed by atoms with Crippen molar-refractivity contribution in [1.29, 1.82) is 5.26 Å². The Hall–Kier alpha value is -2.01. The standard InChI is InChI=1S/C14H16N2/c1-12(11-15)5-4-6-13-7-9-14(10-8-13)16(2)3/h4-10H,1-3H3. The third-order valence-electron chi connectivity index (χ3n) is 2.22. The molecule has 1 aromatic carbocycles. The molecule has 0 spiro atoms. The number of nitrogens with zero attached hydrogens (tertiary/aromatic N) is 2. The summed E-state index contributed by atoms with van der Waals surface area (Å²) in [5.41, 5.74) is 3.02. The summed E-state index contributed by atoms with van der Waals surface area (Å²) < 4.78 is 0. The van der Waals surface area contributed by atoms with E-state index < -0.39 is 0 Å². The van der Waals surface area contributed by atoms with Crippen molar-refractivity contribution in [2.45, 2.75) is 6.92 Å². The quantitative estimate of drug-likeness (QED) is 0.568. The van der Waals surface area contributed by atoms with E-state index in [9.17, 15) is 0 Å². The van der Waals surface area contributed by atoms with Crippen LogP contribution in [0.2, 0.25) is 0 Å². The highest BCUT2D eigenvalue weighted by molar-refractivity contribution is 5.56. The van der Waals surface area contributed by atoms with Gasteiger partial charge in [-0.3, -0.25) is 0 Å². The Balaban J connectivity index is 2.73. The third kappa shape index (κ3) is 3.62. The molecule has 1 rings (SSSR count). The lowest BCUT2D eigenvalue weighted by atomic mass is 10.2. The number of rotatable bonds is 3. The summed E-state index contributed by atoms with van der Waals surface area (Å²) in [4.78, 5) is 2.06. The van der Waals surface area contributed by atoms with E-state index >= 15 is 0 Å². The zero-order valence-corrected chi connectivity index (χ0v) is 9.94. The third-order valence-corrected chi connectivity index (χ3v) is 2.22. The average molecular weight is 212 g/mol. The van der Waals surface area contributed by atoms with Crippen LogP contribution in [0.1, 0.15) is 12.5 Å². The molecule has 1 aromatic rings. The van der Waals surface area contributed by atoms with Crippen molar-refractivity contribution in [3.8, 4) is 6.07 Å². The van der Waals surface area contributed by atoms with Gasteiger partial charge in [0, 0.05) is 25.4 Å². The zero-order valence-electron chi connectivity index (χ0n) is 9.94. The summed E-state index contributed by atoms with van der Waals surface area (Å²) in [5.74, 6) is 0. The van der Waals surface area contributed by atoms with Gasteiger partial charge in [0.1, 0.15) is 0 Å². The van der Waals surface area contributed by atoms with Crippen LogP contribution < -0.4 is 4.90 Å². The highest BCUT2D eigenvalue weighted by Gasteiger charge is 1.92. The molecule has 0 amide bonds. The smallest absolute Gasteiger partial charge is 0.0944 e. The summed E-state index contributed by atoms with van der Waals surface area (Å²) in [7, 11) is 4.04. The molecule has 0 unspecified atom stereocenters. The molecular weight excluding hydrogens is 196 g/mol. The van der Waals surface area contributed by atoms with Gasteiger partial charge in [-0.25, -0.2) is 0 Å². The van der Waals surface area contributed by atoms with Gasteiger partial charge in [0.2, 0.25) is 0 Å². The molecule has 0 N–H and O–H groups in total. The minimum absolute atomic E-state index is 0.709. The highest BCUT2D eigenvalue weighted by Crippen LogP contribution is 2.13. The average Bonchev–Trinajstić information content (AvgIpc) is 2.29. The first-order valence-corrected chi connectivity index (χ1v) is 5.16. The molecule has 82 valence electrons. The molecule has 2 heteroatoms. The molecule has 2 nitrogen and oxygen atoms in total. The van der Waals surface area contributed by atoms with Crippen molar-refractivity contribution in [3.05, 3.63) is 47.6 Å². The van der Waals surface area contributed by atoms with Gasteiger partial charge < -0.3 is 4.90 Å². The summed E-state index contributed by atoms with van der Waals surface area (Å²) in [6.45, 7) is 1.79. The molecule has 0 bridgehead atoms. The maximum atomic E-state index is 8.57. The lowest BCUT2D eigenvalue weighted by Gasteiger charge is -2.11. The number of nitriles is 1. The molecule has 0 aliphatic heterocycles. The predicted octanol–water partition coefficient (Wildman–Crippen LogP) is 3.24. The molecule has 0 aliphatic carbocycles. The molecule has 0 saturated carbocycles. The molecule has 0 atom stereocenters. The number of hydrogen-bond acceptors (Lipinski definition) is 2. The monoisotopic (exact) mass is 212 g/mol. The first kappa shape index (κ1) is 12.1. The van der Waals surface area contributed by atoms with E-state index in [1.807, 2.05) is 26.2 Å². The van der Waals surface area contributed by atoms with Crippen LogP contribution in [0, 0.1) is 11.3 Å². The van der Waals surface area contributed by atoms with Crippen molar-refractivity contribution in [1.82, 2.24) is 0 Å². The van der Waals surface area contributed by atoms with Crippen LogP contribution in [0.15, 0.2) is 42.0 Å². The number of benzene rings is 1. The van der Waals surface area contributed by atoms with Gasteiger partial charge in [-0.1, -0.05) is 24.3 Å². The summed E-state index contributed by atoms with van der Waals surface area (Å²) in [6.07, 6.45) is 5.68. The fourth-order valence-electron chi connectivity index (χ4n) is 1.22. The van der Waals surface area contributed by atoms with Crippen molar-refractivity contribution in [3.63, 3.8) is 0 Å². The maximum absolute atomic E-state index is 8.57. The van der Waals surface area contributed by atoms with E-state index in [1.54, 1.807) is 13.0 Å². The van der Waals surface area contributed by atoms with Crippen LogP contribution >= 0.6 is 0 Å². The molecule has 0 aromatic heterocycles. The van der Waals surface area contributed by atoms with Crippen molar-refractivity contribution in [2.75, 3.05) is 19.0 Å². The Morgan fingerprint density at radius 1 is 1.25 bits per heavy atom. The Kier molecular flexibility index (Phi) is 4.35. The second-order valence-electron chi connectivity index (χ2n) is 3.81. The van der Waals surface area contributed by atoms with E-state index in [1.165, 1.54) is 5.69 Å². The van der Waals surface area contributed by atoms with E-state index in [-0.39, 0.29) is 0 Å². The van der Waals surface area contributed by atoms with Gasteiger partial charge in [-0.2, -0.15) is 5.26 Å². The Morgan fingerprint density at radius 2 is 1.88 bits per heavy atom. The van der Waals surface area contributed by atoms with Gasteiger partial charge in [-0.15, -0.1) is 0 Å². The topological polar surface area (TPSA) is 27.0 Å². The van der Waals surface area contributed by atoms with Crippen molar-refractivity contribution >= 4 is 11.8 Å². The van der Waals surface area contributed by atoms with E-state index in [0.717, 1.165) is 5.56 Å². The second kappa shape index (κ2) is 5.77. The minimum atomic E-state index is 0.709. The van der Waals surface area contributed by atoms with Crippen LogP contribution in [0.4, 0.5) is 5.69 Å². The van der Waals surface area contributed by atoms with Gasteiger partial charge in [0.25, 0.3) is 0 Å². The molecule has 0 heterocycles. The van der Waals surface area contributed by atoms with Crippen LogP contribution in [0.3, 0.4) is 0 Å². The fraction of sp³-hybridized carbons (Fsp3) is 0.214. The summed E-state index contributed by atoms with van der Waals surface area (Å²) in [6, 6.07) is 10.3. The molecule has 16 heavy (non-hydrogen) atoms. The lowest BCUT2D eigenvalue weighted by molar-refractivity contribution is 1.13. The van der Waals surface area contributed by atoms with Crippen LogP contribution in [0.5, 0.6) is 0 Å². The summed E-state index contributed by atoms with van der Waals surface area (Å²) >= 11 is 0. The SMILES string of the molecule is CC(C#N)=CC=Cc1ccc(N(C)C)cc1. The maximum Gasteiger partial charge on any atom is 0.0944 e. The van der Waals surface area contributed by atoms with E-state index in [4.69, 9.17) is 5.26 Å². The first-order chi connectivity index (χ1) is 7.63. The first-order valence-electron chi connectivity index (χ1n) is 5.16. The van der Waals surface area contributed by atoms with Crippen molar-refractivity contribution < 1.29 is 0 Å². The Morgan fingerprint density at radius 3 is 2.38 bits per heavy atom. The highest BCUT2D eigenvalue weighted by atomic mass is 15.1. The largest absolute Gasteiger partial charge is 0.378 e. The van der Waals surface area contributed by atoms with E-state index in [2.05, 4.69) is 35.2 Å². The van der Waals surface area contributed by atoms with Gasteiger partial charge in [-0.05, 0) is 30.7 Å². The van der Waals surface area contributed by atoms with Gasteiger partial charge in [0.15, 0.2) is 0 Å². The Bertz CT molecular complexity index is 431. The minimum Gasteiger partial charge on any atom is -0.378 e. The molecule has 0 radical (unpaired) electrons. The molecule has 0 saturated heterocycles. The Labute approximate surface area is 97.1 Å². The van der Waals surface area contributed by atoms with Gasteiger partial charge >= 0.3 is 0 Å². The van der Waals surface area contributed by atoms with Crippen LogP contribution in [-0.2, 0) is 0 Å². The lowest BCUT2D eigenvalue weighted by Crippen LogP contribution is -2.07.